The summed E-state index contributed by atoms with van der Waals surface area (Å²) in [6.07, 6.45) is 3.29. The molecule has 1 N–H and O–H groups in total. The lowest BCUT2D eigenvalue weighted by atomic mass is 9.97. The molecule has 8 nitrogen and oxygen atoms in total. The number of aromatic nitrogens is 1. The number of methoxy groups -OCH3 is 2. The van der Waals surface area contributed by atoms with Crippen molar-refractivity contribution in [3.63, 3.8) is 0 Å². The predicted molar refractivity (Wildman–Crippen MR) is 109 cm³/mol. The van der Waals surface area contributed by atoms with Crippen LogP contribution in [0.5, 0.6) is 11.5 Å². The summed E-state index contributed by atoms with van der Waals surface area (Å²) in [5.41, 5.74) is 0.553. The zero-order valence-electron chi connectivity index (χ0n) is 16.5. The maximum atomic E-state index is 12.8. The molecule has 9 heteroatoms. The Balaban J connectivity index is 1.62. The molecule has 0 spiro atoms. The molecule has 1 aromatic carbocycles. The van der Waals surface area contributed by atoms with Crippen LogP contribution < -0.4 is 19.1 Å². The molecule has 2 heterocycles. The first-order valence-corrected chi connectivity index (χ1v) is 10.8. The first-order chi connectivity index (χ1) is 14.0. The number of piperidine rings is 1. The summed E-state index contributed by atoms with van der Waals surface area (Å²) < 4.78 is 38.6. The molecular formula is C20H24N4O4S. The topological polar surface area (TPSA) is 105 Å². The van der Waals surface area contributed by atoms with E-state index in [1.807, 2.05) is 0 Å². The second-order valence-corrected chi connectivity index (χ2v) is 8.52. The maximum absolute atomic E-state index is 12.8. The van der Waals surface area contributed by atoms with Crippen LogP contribution in [0.15, 0.2) is 41.4 Å². The lowest BCUT2D eigenvalue weighted by molar-refractivity contribution is 0.388. The van der Waals surface area contributed by atoms with Gasteiger partial charge in [0.1, 0.15) is 28.3 Å². The number of nitrogens with one attached hydrogen (secondary N) is 1. The molecule has 29 heavy (non-hydrogen) atoms. The molecule has 0 aliphatic carbocycles. The molecule has 0 bridgehead atoms. The Kier molecular flexibility index (Phi) is 6.56. The Hall–Kier alpha value is -2.83. The molecule has 0 atom stereocenters. The zero-order valence-corrected chi connectivity index (χ0v) is 17.3. The molecule has 0 unspecified atom stereocenters. The molecule has 1 fully saturated rings. The van der Waals surface area contributed by atoms with Crippen molar-refractivity contribution in [2.45, 2.75) is 17.7 Å². The minimum Gasteiger partial charge on any atom is -0.497 e. The van der Waals surface area contributed by atoms with Gasteiger partial charge in [0.05, 0.1) is 19.8 Å². The van der Waals surface area contributed by atoms with E-state index in [1.54, 1.807) is 30.5 Å². The lowest BCUT2D eigenvalue weighted by Gasteiger charge is -2.33. The third-order valence-electron chi connectivity index (χ3n) is 5.04. The van der Waals surface area contributed by atoms with Crippen molar-refractivity contribution < 1.29 is 17.9 Å². The normalized spacial score (nSPS) is 15.0. The number of nitriles is 1. The number of ether oxygens (including phenoxy) is 2. The summed E-state index contributed by atoms with van der Waals surface area (Å²) in [6, 6.07) is 10.4. The monoisotopic (exact) mass is 416 g/mol. The number of hydrogen-bond donors (Lipinski definition) is 1. The molecular weight excluding hydrogens is 392 g/mol. The van der Waals surface area contributed by atoms with Gasteiger partial charge < -0.3 is 14.4 Å². The molecule has 0 saturated carbocycles. The molecule has 1 aliphatic rings. The van der Waals surface area contributed by atoms with Gasteiger partial charge in [-0.05, 0) is 43.0 Å². The highest BCUT2D eigenvalue weighted by Crippen LogP contribution is 2.29. The Bertz CT molecular complexity index is 996. The number of nitrogens with zero attached hydrogens (tertiary/aromatic N) is 3. The average Bonchev–Trinajstić information content (AvgIpc) is 2.77. The Labute approximate surface area is 171 Å². The van der Waals surface area contributed by atoms with Crippen LogP contribution in [0.1, 0.15) is 18.4 Å². The third-order valence-corrected chi connectivity index (χ3v) is 6.49. The Morgan fingerprint density at radius 2 is 2.00 bits per heavy atom. The fourth-order valence-electron chi connectivity index (χ4n) is 3.38. The number of anilines is 1. The summed E-state index contributed by atoms with van der Waals surface area (Å²) >= 11 is 0. The zero-order chi connectivity index (χ0) is 20.9. The SMILES string of the molecule is COc1ccc(OC)c(S(=O)(=O)NCC2CCN(c3ncccc3C#N)CC2)c1. The van der Waals surface area contributed by atoms with Gasteiger partial charge in [0, 0.05) is 31.9 Å². The second-order valence-electron chi connectivity index (χ2n) is 6.79. The molecule has 2 aromatic rings. The average molecular weight is 417 g/mol. The smallest absolute Gasteiger partial charge is 0.244 e. The number of sulfonamides is 1. The highest BCUT2D eigenvalue weighted by molar-refractivity contribution is 7.89. The van der Waals surface area contributed by atoms with E-state index in [2.05, 4.69) is 20.7 Å². The largest absolute Gasteiger partial charge is 0.497 e. The molecule has 1 saturated heterocycles. The van der Waals surface area contributed by atoms with Gasteiger partial charge in [-0.15, -0.1) is 0 Å². The summed E-state index contributed by atoms with van der Waals surface area (Å²) in [5, 5.41) is 9.25. The highest BCUT2D eigenvalue weighted by Gasteiger charge is 2.25. The maximum Gasteiger partial charge on any atom is 0.244 e. The number of pyridine rings is 1. The predicted octanol–water partition coefficient (Wildman–Crippen LogP) is 2.17. The van der Waals surface area contributed by atoms with Gasteiger partial charge >= 0.3 is 0 Å². The van der Waals surface area contributed by atoms with Crippen LogP contribution in [-0.4, -0.2) is 47.3 Å². The van der Waals surface area contributed by atoms with Gasteiger partial charge in [0.2, 0.25) is 10.0 Å². The highest BCUT2D eigenvalue weighted by atomic mass is 32.2. The second kappa shape index (κ2) is 9.11. The molecule has 0 radical (unpaired) electrons. The quantitative estimate of drug-likeness (QED) is 0.737. The molecule has 154 valence electrons. The van der Waals surface area contributed by atoms with Crippen molar-refractivity contribution in [3.8, 4) is 17.6 Å². The molecule has 3 rings (SSSR count). The van der Waals surface area contributed by atoms with Crippen molar-refractivity contribution in [2.24, 2.45) is 5.92 Å². The van der Waals surface area contributed by atoms with Gasteiger partial charge in [-0.2, -0.15) is 5.26 Å². The van der Waals surface area contributed by atoms with E-state index in [0.717, 1.165) is 25.9 Å². The van der Waals surface area contributed by atoms with E-state index < -0.39 is 10.0 Å². The van der Waals surface area contributed by atoms with Crippen LogP contribution in [0.2, 0.25) is 0 Å². The van der Waals surface area contributed by atoms with E-state index in [-0.39, 0.29) is 16.6 Å². The summed E-state index contributed by atoms with van der Waals surface area (Å²) in [6.45, 7) is 1.78. The van der Waals surface area contributed by atoms with Gasteiger partial charge in [-0.3, -0.25) is 0 Å². The van der Waals surface area contributed by atoms with Gasteiger partial charge in [0.15, 0.2) is 0 Å². The fraction of sp³-hybridized carbons (Fsp3) is 0.400. The minimum atomic E-state index is -3.74. The molecule has 1 aromatic heterocycles. The van der Waals surface area contributed by atoms with Crippen LogP contribution in [0.25, 0.3) is 0 Å². The lowest BCUT2D eigenvalue weighted by Crippen LogP contribution is -2.39. The Morgan fingerprint density at radius 1 is 1.24 bits per heavy atom. The van der Waals surface area contributed by atoms with Gasteiger partial charge in [0.25, 0.3) is 0 Å². The Morgan fingerprint density at radius 3 is 2.66 bits per heavy atom. The van der Waals surface area contributed by atoms with Crippen LogP contribution in [0.4, 0.5) is 5.82 Å². The van der Waals surface area contributed by atoms with E-state index >= 15 is 0 Å². The summed E-state index contributed by atoms with van der Waals surface area (Å²) in [4.78, 5) is 6.46. The van der Waals surface area contributed by atoms with Crippen LogP contribution in [-0.2, 0) is 10.0 Å². The van der Waals surface area contributed by atoms with E-state index in [9.17, 15) is 13.7 Å². The minimum absolute atomic E-state index is 0.0592. The van der Waals surface area contributed by atoms with E-state index in [0.29, 0.717) is 23.7 Å². The van der Waals surface area contributed by atoms with Gasteiger partial charge in [-0.25, -0.2) is 18.1 Å². The van der Waals surface area contributed by atoms with E-state index in [1.165, 1.54) is 20.3 Å². The van der Waals surface area contributed by atoms with Crippen molar-refractivity contribution in [1.82, 2.24) is 9.71 Å². The van der Waals surface area contributed by atoms with Crippen molar-refractivity contribution in [3.05, 3.63) is 42.1 Å². The van der Waals surface area contributed by atoms with Crippen LogP contribution >= 0.6 is 0 Å². The third kappa shape index (κ3) is 4.78. The number of benzene rings is 1. The number of hydrogen-bond acceptors (Lipinski definition) is 7. The van der Waals surface area contributed by atoms with Crippen LogP contribution in [0, 0.1) is 17.2 Å². The van der Waals surface area contributed by atoms with Crippen molar-refractivity contribution in [2.75, 3.05) is 38.8 Å². The van der Waals surface area contributed by atoms with Crippen LogP contribution in [0.3, 0.4) is 0 Å². The fourth-order valence-corrected chi connectivity index (χ4v) is 4.68. The first kappa shape index (κ1) is 20.9. The molecule has 0 amide bonds. The first-order valence-electron chi connectivity index (χ1n) is 9.30. The van der Waals surface area contributed by atoms with Crippen molar-refractivity contribution in [1.29, 1.82) is 5.26 Å². The molecule has 1 aliphatic heterocycles. The van der Waals surface area contributed by atoms with Crippen molar-refractivity contribution >= 4 is 15.8 Å². The van der Waals surface area contributed by atoms with E-state index in [4.69, 9.17) is 9.47 Å². The summed E-state index contributed by atoms with van der Waals surface area (Å²) in [7, 11) is -0.816. The standard InChI is InChI=1S/C20H24N4O4S/c1-27-17-5-6-18(28-2)19(12-17)29(25,26)23-14-15-7-10-24(11-8-15)20-16(13-21)4-3-9-22-20/h3-6,9,12,15,23H,7-8,10-11,14H2,1-2H3. The summed E-state index contributed by atoms with van der Waals surface area (Å²) in [5.74, 6) is 1.61. The van der Waals surface area contributed by atoms with Gasteiger partial charge in [-0.1, -0.05) is 0 Å². The number of rotatable bonds is 7.